The summed E-state index contributed by atoms with van der Waals surface area (Å²) < 4.78 is 11.4. The molecule has 0 aliphatic rings. The summed E-state index contributed by atoms with van der Waals surface area (Å²) in [4.78, 5) is 12.7. The van der Waals surface area contributed by atoms with Crippen LogP contribution in [-0.2, 0) is 22.5 Å². The van der Waals surface area contributed by atoms with Gasteiger partial charge in [-0.25, -0.2) is 4.98 Å². The number of para-hydroxylation sites is 1. The average Bonchev–Trinajstić information content (AvgIpc) is 3.59. The van der Waals surface area contributed by atoms with Gasteiger partial charge in [0.25, 0.3) is 0 Å². The molecule has 0 aliphatic heterocycles. The van der Waals surface area contributed by atoms with Crippen LogP contribution in [0.4, 0.5) is 0 Å². The summed E-state index contributed by atoms with van der Waals surface area (Å²) in [6.07, 6.45) is 26.4. The minimum absolute atomic E-state index is 0.761. The molecule has 0 aliphatic carbocycles. The number of aryl methyl sites for hydroxylation is 1. The van der Waals surface area contributed by atoms with E-state index in [2.05, 4.69) is 72.3 Å². The Balaban J connectivity index is 0.000000289. The molecule has 46 heavy (non-hydrogen) atoms. The number of ether oxygens (including phenoxy) is 2. The van der Waals surface area contributed by atoms with Crippen LogP contribution in [0, 0.1) is 0 Å². The van der Waals surface area contributed by atoms with Crippen LogP contribution < -0.4 is 0 Å². The first-order valence-electron chi connectivity index (χ1n) is 18.7. The number of fused-ring (bicyclic) bond motifs is 3. The number of H-pyrrole nitrogens is 1. The van der Waals surface area contributed by atoms with E-state index in [-0.39, 0.29) is 0 Å². The van der Waals surface area contributed by atoms with Crippen LogP contribution in [0.3, 0.4) is 0 Å². The molecule has 2 aromatic heterocycles. The van der Waals surface area contributed by atoms with Crippen molar-refractivity contribution in [2.24, 2.45) is 0 Å². The van der Waals surface area contributed by atoms with Crippen LogP contribution in [0.15, 0.2) is 60.9 Å². The maximum Gasteiger partial charge on any atom is 0.0995 e. The molecule has 0 saturated carbocycles. The van der Waals surface area contributed by atoms with E-state index in [0.717, 1.165) is 60.5 Å². The second kappa shape index (κ2) is 25.3. The van der Waals surface area contributed by atoms with E-state index in [1.54, 1.807) is 6.33 Å². The van der Waals surface area contributed by atoms with Crippen LogP contribution in [0.2, 0.25) is 0 Å². The SMILES string of the molecule is CCCCCCCCCOCc1ccccc1.CCCCCCOCCCCCCCCCc1nc2ccccc2c2nc[nH]c12. The van der Waals surface area contributed by atoms with Crippen LogP contribution >= 0.6 is 0 Å². The molecule has 2 aromatic carbocycles. The molecule has 1 N–H and O–H groups in total. The van der Waals surface area contributed by atoms with Gasteiger partial charge < -0.3 is 14.5 Å². The molecular weight excluding hydrogens is 566 g/mol. The van der Waals surface area contributed by atoms with Gasteiger partial charge in [0.2, 0.25) is 0 Å². The topological polar surface area (TPSA) is 60.0 Å². The molecule has 0 fully saturated rings. The standard InChI is InChI=1S/C25H37N3O.C16H26O/c1-2-3-4-13-18-29-19-14-9-7-5-6-8-10-17-23-25-24(26-20-27-25)21-15-11-12-16-22(21)28-23;1-2-3-4-5-6-7-11-14-17-15-16-12-9-8-10-13-16/h11-12,15-16,20H,2-10,13-14,17-19H2,1H3,(H,26,27);8-10,12-13H,2-7,11,14-15H2,1H3. The number of imidazole rings is 1. The fourth-order valence-electron chi connectivity index (χ4n) is 5.91. The Morgan fingerprint density at radius 2 is 1.11 bits per heavy atom. The van der Waals surface area contributed by atoms with Gasteiger partial charge in [-0.05, 0) is 43.7 Å². The summed E-state index contributed by atoms with van der Waals surface area (Å²) in [6, 6.07) is 18.7. The van der Waals surface area contributed by atoms with Gasteiger partial charge in [0.15, 0.2) is 0 Å². The first-order valence-corrected chi connectivity index (χ1v) is 18.7. The summed E-state index contributed by atoms with van der Waals surface area (Å²) >= 11 is 0. The summed E-state index contributed by atoms with van der Waals surface area (Å²) in [5.41, 5.74) is 5.65. The molecule has 254 valence electrons. The normalized spacial score (nSPS) is 11.3. The lowest BCUT2D eigenvalue weighted by Crippen LogP contribution is -1.97. The van der Waals surface area contributed by atoms with Crippen molar-refractivity contribution in [2.75, 3.05) is 19.8 Å². The van der Waals surface area contributed by atoms with Gasteiger partial charge in [-0.15, -0.1) is 0 Å². The third-order valence-corrected chi connectivity index (χ3v) is 8.69. The monoisotopic (exact) mass is 629 g/mol. The van der Waals surface area contributed by atoms with Crippen molar-refractivity contribution < 1.29 is 9.47 Å². The maximum absolute atomic E-state index is 5.72. The molecule has 0 saturated heterocycles. The number of rotatable bonds is 25. The van der Waals surface area contributed by atoms with Crippen LogP contribution in [0.1, 0.15) is 141 Å². The summed E-state index contributed by atoms with van der Waals surface area (Å²) in [5.74, 6) is 0. The molecule has 4 aromatic rings. The Hall–Kier alpha value is -2.76. The molecule has 0 bridgehead atoms. The zero-order valence-electron chi connectivity index (χ0n) is 29.2. The molecule has 4 rings (SSSR count). The predicted octanol–water partition coefficient (Wildman–Crippen LogP) is 11.9. The smallest absolute Gasteiger partial charge is 0.0995 e. The second-order valence-corrected chi connectivity index (χ2v) is 12.8. The van der Waals surface area contributed by atoms with Crippen molar-refractivity contribution in [3.8, 4) is 0 Å². The fourth-order valence-corrected chi connectivity index (χ4v) is 5.91. The minimum atomic E-state index is 0.761. The number of nitrogens with one attached hydrogen (secondary N) is 1. The van der Waals surface area contributed by atoms with Crippen molar-refractivity contribution in [1.82, 2.24) is 15.0 Å². The van der Waals surface area contributed by atoms with Crippen LogP contribution in [0.5, 0.6) is 0 Å². The van der Waals surface area contributed by atoms with E-state index in [1.807, 2.05) is 6.07 Å². The van der Waals surface area contributed by atoms with E-state index in [9.17, 15) is 0 Å². The van der Waals surface area contributed by atoms with Gasteiger partial charge >= 0.3 is 0 Å². The maximum atomic E-state index is 5.72. The third-order valence-electron chi connectivity index (χ3n) is 8.69. The Morgan fingerprint density at radius 1 is 0.565 bits per heavy atom. The van der Waals surface area contributed by atoms with Crippen molar-refractivity contribution in [2.45, 2.75) is 142 Å². The highest BCUT2D eigenvalue weighted by molar-refractivity contribution is 6.02. The summed E-state index contributed by atoms with van der Waals surface area (Å²) in [6.45, 7) is 8.07. The van der Waals surface area contributed by atoms with Gasteiger partial charge in [0, 0.05) is 25.2 Å². The third kappa shape index (κ3) is 15.7. The van der Waals surface area contributed by atoms with Crippen molar-refractivity contribution in [1.29, 1.82) is 0 Å². The second-order valence-electron chi connectivity index (χ2n) is 12.8. The van der Waals surface area contributed by atoms with E-state index >= 15 is 0 Å². The van der Waals surface area contributed by atoms with Gasteiger partial charge in [0.05, 0.1) is 35.2 Å². The molecule has 2 heterocycles. The highest BCUT2D eigenvalue weighted by atomic mass is 16.5. The van der Waals surface area contributed by atoms with Gasteiger partial charge in [-0.2, -0.15) is 0 Å². The lowest BCUT2D eigenvalue weighted by atomic mass is 10.1. The summed E-state index contributed by atoms with van der Waals surface area (Å²) in [5, 5.41) is 1.14. The highest BCUT2D eigenvalue weighted by Crippen LogP contribution is 2.24. The van der Waals surface area contributed by atoms with E-state index in [0.29, 0.717) is 0 Å². The Kier molecular flexibility index (Phi) is 20.8. The zero-order chi connectivity index (χ0) is 32.3. The Bertz CT molecular complexity index is 1270. The number of benzene rings is 2. The van der Waals surface area contributed by atoms with Gasteiger partial charge in [0.1, 0.15) is 0 Å². The first-order chi connectivity index (χ1) is 22.8. The predicted molar refractivity (Wildman–Crippen MR) is 196 cm³/mol. The number of hydrogen-bond acceptors (Lipinski definition) is 4. The van der Waals surface area contributed by atoms with Crippen LogP contribution in [-0.4, -0.2) is 34.8 Å². The number of pyridine rings is 1. The van der Waals surface area contributed by atoms with E-state index in [4.69, 9.17) is 14.5 Å². The van der Waals surface area contributed by atoms with Crippen LogP contribution in [0.25, 0.3) is 21.9 Å². The van der Waals surface area contributed by atoms with E-state index < -0.39 is 0 Å². The minimum Gasteiger partial charge on any atom is -0.381 e. The molecule has 0 unspecified atom stereocenters. The molecule has 5 nitrogen and oxygen atoms in total. The van der Waals surface area contributed by atoms with Gasteiger partial charge in [-0.1, -0.05) is 152 Å². The largest absolute Gasteiger partial charge is 0.381 e. The quantitative estimate of drug-likeness (QED) is 0.0741. The number of aromatic amines is 1. The number of hydrogen-bond donors (Lipinski definition) is 1. The molecule has 0 spiro atoms. The van der Waals surface area contributed by atoms with E-state index in [1.165, 1.54) is 121 Å². The van der Waals surface area contributed by atoms with Crippen molar-refractivity contribution in [3.05, 3.63) is 72.2 Å². The Morgan fingerprint density at radius 3 is 1.78 bits per heavy atom. The molecule has 5 heteroatoms. The van der Waals surface area contributed by atoms with Crippen molar-refractivity contribution >= 4 is 21.9 Å². The average molecular weight is 630 g/mol. The fraction of sp³-hybridized carbons (Fsp3) is 0.610. The Labute approximate surface area is 280 Å². The number of nitrogens with zero attached hydrogens (tertiary/aromatic N) is 2. The summed E-state index contributed by atoms with van der Waals surface area (Å²) in [7, 11) is 0. The van der Waals surface area contributed by atoms with Crippen molar-refractivity contribution in [3.63, 3.8) is 0 Å². The molecule has 0 atom stereocenters. The first kappa shape index (κ1) is 37.7. The molecule has 0 amide bonds. The lowest BCUT2D eigenvalue weighted by Gasteiger charge is -2.06. The van der Waals surface area contributed by atoms with Gasteiger partial charge in [-0.3, -0.25) is 4.98 Å². The number of aromatic nitrogens is 3. The highest BCUT2D eigenvalue weighted by Gasteiger charge is 2.10. The number of unbranched alkanes of at least 4 members (excludes halogenated alkanes) is 15. The molecule has 0 radical (unpaired) electrons. The molecular formula is C41H63N3O2. The lowest BCUT2D eigenvalue weighted by molar-refractivity contribution is 0.116. The zero-order valence-corrected chi connectivity index (χ0v) is 29.2.